The van der Waals surface area contributed by atoms with Crippen LogP contribution in [0.5, 0.6) is 0 Å². The van der Waals surface area contributed by atoms with Crippen molar-refractivity contribution >= 4 is 29.4 Å². The van der Waals surface area contributed by atoms with Crippen LogP contribution in [0.2, 0.25) is 0 Å². The van der Waals surface area contributed by atoms with Gasteiger partial charge in [-0.3, -0.25) is 19.2 Å². The third kappa shape index (κ3) is 5.29. The number of rotatable bonds is 5. The van der Waals surface area contributed by atoms with Crippen molar-refractivity contribution in [1.82, 2.24) is 10.2 Å². The monoisotopic (exact) mass is 593 g/mol. The number of carbonyl (C=O) groups is 4. The molecule has 2 saturated heterocycles. The van der Waals surface area contributed by atoms with E-state index in [0.717, 1.165) is 16.8 Å². The molecular weight excluding hydrogens is 550 g/mol. The number of para-hydroxylation sites is 1. The van der Waals surface area contributed by atoms with Crippen molar-refractivity contribution < 1.29 is 33.8 Å². The fraction of sp³-hybridized carbons (Fsp3) is 0.576. The van der Waals surface area contributed by atoms with Gasteiger partial charge in [0.1, 0.15) is 23.7 Å². The molecule has 4 aliphatic heterocycles. The van der Waals surface area contributed by atoms with Gasteiger partial charge in [-0.1, -0.05) is 62.8 Å². The molecule has 2 fully saturated rings. The molecule has 1 aromatic rings. The van der Waals surface area contributed by atoms with Gasteiger partial charge in [-0.25, -0.2) is 0 Å². The first-order chi connectivity index (χ1) is 20.5. The van der Waals surface area contributed by atoms with Gasteiger partial charge in [-0.15, -0.1) is 0 Å². The molecule has 1 aromatic carbocycles. The number of anilines is 1. The van der Waals surface area contributed by atoms with Gasteiger partial charge in [0.15, 0.2) is 0 Å². The van der Waals surface area contributed by atoms with Crippen molar-refractivity contribution in [3.63, 3.8) is 0 Å². The highest BCUT2D eigenvalue weighted by Gasteiger charge is 2.72. The van der Waals surface area contributed by atoms with Crippen molar-refractivity contribution in [1.29, 1.82) is 0 Å². The number of cyclic esters (lactones) is 1. The number of fused-ring (bicyclic) bond motifs is 2. The summed E-state index contributed by atoms with van der Waals surface area (Å²) < 4.78 is 12.5. The number of hydrogen-bond acceptors (Lipinski definition) is 7. The number of aryl methyl sites for hydroxylation is 2. The fourth-order valence-corrected chi connectivity index (χ4v) is 7.21. The molecule has 3 amide bonds. The van der Waals surface area contributed by atoms with Crippen LogP contribution in [0.15, 0.2) is 42.5 Å². The Morgan fingerprint density at radius 1 is 1.12 bits per heavy atom. The molecule has 5 rings (SSSR count). The van der Waals surface area contributed by atoms with E-state index in [9.17, 15) is 24.3 Å². The summed E-state index contributed by atoms with van der Waals surface area (Å²) in [6.45, 7) is 9.57. The van der Waals surface area contributed by atoms with Crippen LogP contribution in [0.3, 0.4) is 0 Å². The molecule has 4 heterocycles. The number of hydrogen-bond donors (Lipinski definition) is 2. The molecule has 0 unspecified atom stereocenters. The summed E-state index contributed by atoms with van der Waals surface area (Å²) in [6, 6.07) is 4.06. The lowest BCUT2D eigenvalue weighted by atomic mass is 9.77. The van der Waals surface area contributed by atoms with Crippen LogP contribution in [0.4, 0.5) is 5.69 Å². The first-order valence-electron chi connectivity index (χ1n) is 15.4. The third-order valence-electron chi connectivity index (χ3n) is 9.53. The number of amides is 3. The molecule has 10 nitrogen and oxygen atoms in total. The van der Waals surface area contributed by atoms with E-state index in [-0.39, 0.29) is 43.8 Å². The first kappa shape index (κ1) is 30.9. The Morgan fingerprint density at radius 3 is 2.51 bits per heavy atom. The minimum Gasteiger partial charge on any atom is -0.460 e. The van der Waals surface area contributed by atoms with E-state index in [0.29, 0.717) is 12.8 Å². The van der Waals surface area contributed by atoms with E-state index in [1.807, 2.05) is 52.0 Å². The van der Waals surface area contributed by atoms with Gasteiger partial charge < -0.3 is 29.7 Å². The highest BCUT2D eigenvalue weighted by Crippen LogP contribution is 2.54. The minimum absolute atomic E-state index is 0.124. The Labute approximate surface area is 253 Å². The van der Waals surface area contributed by atoms with Crippen LogP contribution in [0, 0.1) is 31.6 Å². The Bertz CT molecular complexity index is 1320. The second-order valence-corrected chi connectivity index (χ2v) is 12.3. The Hall–Kier alpha value is -3.50. The molecule has 10 heteroatoms. The summed E-state index contributed by atoms with van der Waals surface area (Å²) in [5, 5.41) is 13.4. The summed E-state index contributed by atoms with van der Waals surface area (Å²) in [5.41, 5.74) is 1.14. The van der Waals surface area contributed by atoms with Crippen LogP contribution in [0.1, 0.15) is 51.2 Å². The third-order valence-corrected chi connectivity index (χ3v) is 9.53. The summed E-state index contributed by atoms with van der Waals surface area (Å²) >= 11 is 0. The number of esters is 1. The molecule has 232 valence electrons. The van der Waals surface area contributed by atoms with Gasteiger partial charge in [-0.2, -0.15) is 0 Å². The van der Waals surface area contributed by atoms with E-state index >= 15 is 0 Å². The van der Waals surface area contributed by atoms with Crippen LogP contribution in [-0.2, 0) is 28.7 Å². The topological polar surface area (TPSA) is 125 Å². The number of ether oxygens (including phenoxy) is 2. The number of allylic oxidation sites excluding steroid dienone is 1. The molecule has 43 heavy (non-hydrogen) atoms. The molecule has 0 aliphatic carbocycles. The van der Waals surface area contributed by atoms with E-state index < -0.39 is 53.6 Å². The predicted molar refractivity (Wildman–Crippen MR) is 160 cm³/mol. The average Bonchev–Trinajstić information content (AvgIpc) is 3.36. The van der Waals surface area contributed by atoms with E-state index in [2.05, 4.69) is 5.32 Å². The van der Waals surface area contributed by atoms with E-state index in [1.165, 1.54) is 4.90 Å². The number of carbonyl (C=O) groups excluding carboxylic acids is 4. The largest absolute Gasteiger partial charge is 0.460 e. The Morgan fingerprint density at radius 2 is 1.84 bits per heavy atom. The van der Waals surface area contributed by atoms with Crippen LogP contribution >= 0.6 is 0 Å². The van der Waals surface area contributed by atoms with E-state index in [4.69, 9.17) is 9.47 Å². The minimum atomic E-state index is -1.46. The lowest BCUT2D eigenvalue weighted by Crippen LogP contribution is -2.59. The summed E-state index contributed by atoms with van der Waals surface area (Å²) in [7, 11) is 0. The second-order valence-electron chi connectivity index (χ2n) is 12.3. The normalized spacial score (nSPS) is 33.3. The van der Waals surface area contributed by atoms with E-state index in [1.54, 1.807) is 30.1 Å². The van der Waals surface area contributed by atoms with Crippen molar-refractivity contribution in [3.05, 3.63) is 53.6 Å². The highest BCUT2D eigenvalue weighted by molar-refractivity contribution is 6.06. The smallest absolute Gasteiger partial charge is 0.313 e. The van der Waals surface area contributed by atoms with Gasteiger partial charge in [-0.05, 0) is 44.2 Å². The molecular formula is C33H43N3O7. The van der Waals surface area contributed by atoms with Gasteiger partial charge in [0.2, 0.25) is 11.8 Å². The number of aliphatic hydroxyl groups is 1. The first-order valence-corrected chi connectivity index (χ1v) is 15.4. The zero-order chi connectivity index (χ0) is 31.1. The fourth-order valence-electron chi connectivity index (χ4n) is 7.21. The number of benzene rings is 1. The number of likely N-dealkylation sites (tertiary alicyclic amines) is 1. The van der Waals surface area contributed by atoms with Crippen LogP contribution in [0.25, 0.3) is 0 Å². The zero-order valence-corrected chi connectivity index (χ0v) is 25.6. The SMILES string of the molecule is CC[C@H](C)[C@H](CO)N1C(=O)[C@@H]2[C@H]3C(=O)O[C@H](C)CNC(=O)CC/C=C\[C@H]3O[C@@]23C=CCN(c2c(C)cccc2C)C(=O)[C@@H]13. The molecule has 0 saturated carbocycles. The van der Waals surface area contributed by atoms with Crippen molar-refractivity contribution in [2.45, 2.75) is 83.8 Å². The average molecular weight is 594 g/mol. The molecule has 0 radical (unpaired) electrons. The summed E-state index contributed by atoms with van der Waals surface area (Å²) in [4.78, 5) is 58.7. The molecule has 1 spiro atoms. The number of nitrogens with one attached hydrogen (secondary N) is 1. The molecule has 2 N–H and O–H groups in total. The number of aliphatic hydroxyl groups excluding tert-OH is 1. The maximum Gasteiger partial charge on any atom is 0.313 e. The highest BCUT2D eigenvalue weighted by atomic mass is 16.6. The molecule has 8 atom stereocenters. The van der Waals surface area contributed by atoms with Crippen LogP contribution < -0.4 is 10.2 Å². The summed E-state index contributed by atoms with van der Waals surface area (Å²) in [5.74, 6) is -3.68. The maximum atomic E-state index is 14.8. The Balaban J connectivity index is 1.66. The van der Waals surface area contributed by atoms with Gasteiger partial charge in [0, 0.05) is 18.7 Å². The van der Waals surface area contributed by atoms with Crippen molar-refractivity contribution in [2.75, 3.05) is 24.6 Å². The zero-order valence-electron chi connectivity index (χ0n) is 25.6. The predicted octanol–water partition coefficient (Wildman–Crippen LogP) is 2.59. The quantitative estimate of drug-likeness (QED) is 0.397. The lowest BCUT2D eigenvalue weighted by Gasteiger charge is -2.40. The van der Waals surface area contributed by atoms with Gasteiger partial charge in [0.05, 0.1) is 31.2 Å². The van der Waals surface area contributed by atoms with Crippen molar-refractivity contribution in [3.8, 4) is 0 Å². The van der Waals surface area contributed by atoms with Gasteiger partial charge in [0.25, 0.3) is 5.91 Å². The van der Waals surface area contributed by atoms with Gasteiger partial charge >= 0.3 is 5.97 Å². The molecule has 4 aliphatic rings. The molecule has 0 bridgehead atoms. The Kier molecular flexibility index (Phi) is 8.81. The lowest BCUT2D eigenvalue weighted by molar-refractivity contribution is -0.159. The maximum absolute atomic E-state index is 14.8. The molecule has 0 aromatic heterocycles. The number of nitrogens with zero attached hydrogens (tertiary/aromatic N) is 2. The van der Waals surface area contributed by atoms with Crippen molar-refractivity contribution in [2.24, 2.45) is 17.8 Å². The second kappa shape index (κ2) is 12.2. The standard InChI is InChI=1S/C33H43N3O7/c1-6-19(2)23(18-37)36-29-31(40)35(28-20(3)11-9-12-21(28)4)16-10-15-33(29)27(30(36)39)26-24(43-33)13-7-8-14-25(38)34-17-22(5)42-32(26)41/h7,9-13,15,19,22-24,26-27,29,37H,6,8,14,16-18H2,1-5H3,(H,34,38)/b13-7-/t19-,22+,23-,24+,26-,27-,29+,33-/m0/s1. The van der Waals surface area contributed by atoms with Crippen LogP contribution in [-0.4, -0.2) is 83.3 Å². The summed E-state index contributed by atoms with van der Waals surface area (Å²) in [6.07, 6.45) is 7.02.